The number of ether oxygens (including phenoxy) is 1. The molecule has 3 rings (SSSR count). The van der Waals surface area contributed by atoms with Gasteiger partial charge in [-0.05, 0) is 37.1 Å². The van der Waals surface area contributed by atoms with Crippen LogP contribution >= 0.6 is 0 Å². The van der Waals surface area contributed by atoms with Crippen LogP contribution in [0.4, 0.5) is 0 Å². The Morgan fingerprint density at radius 1 is 1.19 bits per heavy atom. The zero-order chi connectivity index (χ0) is 14.7. The van der Waals surface area contributed by atoms with E-state index in [1.54, 1.807) is 13.3 Å². The highest BCUT2D eigenvalue weighted by atomic mass is 16.5. The summed E-state index contributed by atoms with van der Waals surface area (Å²) in [6.07, 6.45) is 7.41. The first kappa shape index (κ1) is 14.1. The summed E-state index contributed by atoms with van der Waals surface area (Å²) in [4.78, 5) is 4.32. The number of rotatable bonds is 5. The molecule has 3 nitrogen and oxygen atoms in total. The molecular weight excluding hydrogens is 260 g/mol. The molecule has 0 aliphatic heterocycles. The van der Waals surface area contributed by atoms with Crippen molar-refractivity contribution in [3.05, 3.63) is 59.9 Å². The molecule has 1 heterocycles. The van der Waals surface area contributed by atoms with Gasteiger partial charge in [-0.2, -0.15) is 0 Å². The topological polar surface area (TPSA) is 34.2 Å². The van der Waals surface area contributed by atoms with Gasteiger partial charge in [-0.1, -0.05) is 36.8 Å². The third-order valence-electron chi connectivity index (χ3n) is 4.74. The summed E-state index contributed by atoms with van der Waals surface area (Å²) in [5.74, 6) is 0.815. The molecule has 1 aliphatic carbocycles. The smallest absolute Gasteiger partial charge is 0.137 e. The van der Waals surface area contributed by atoms with E-state index in [2.05, 4.69) is 46.7 Å². The van der Waals surface area contributed by atoms with Crippen LogP contribution in [0.2, 0.25) is 0 Å². The number of hydrogen-bond donors (Lipinski definition) is 1. The zero-order valence-electron chi connectivity index (χ0n) is 12.7. The summed E-state index contributed by atoms with van der Waals surface area (Å²) in [7, 11) is 3.72. The van der Waals surface area contributed by atoms with Gasteiger partial charge in [0.05, 0.1) is 13.3 Å². The molecular formula is C18H22N2O. The van der Waals surface area contributed by atoms with E-state index < -0.39 is 0 Å². The second kappa shape index (κ2) is 5.86. The number of nitrogens with zero attached hydrogens (tertiary/aromatic N) is 1. The van der Waals surface area contributed by atoms with Crippen LogP contribution in [0.1, 0.15) is 36.4 Å². The average molecular weight is 282 g/mol. The molecule has 110 valence electrons. The van der Waals surface area contributed by atoms with E-state index in [0.717, 1.165) is 5.75 Å². The largest absolute Gasteiger partial charge is 0.495 e. The van der Waals surface area contributed by atoms with E-state index in [9.17, 15) is 0 Å². The fourth-order valence-electron chi connectivity index (χ4n) is 3.54. The van der Waals surface area contributed by atoms with E-state index in [4.69, 9.17) is 4.74 Å². The molecule has 1 aliphatic rings. The first-order valence-electron chi connectivity index (χ1n) is 7.52. The zero-order valence-corrected chi connectivity index (χ0v) is 12.7. The molecule has 0 bridgehead atoms. The van der Waals surface area contributed by atoms with E-state index in [1.165, 1.54) is 30.4 Å². The van der Waals surface area contributed by atoms with Crippen molar-refractivity contribution in [3.63, 3.8) is 0 Å². The number of likely N-dealkylation sites (N-methyl/N-ethyl adjacent to an activating group) is 1. The number of pyridine rings is 1. The van der Waals surface area contributed by atoms with Crippen LogP contribution in [-0.2, 0) is 5.41 Å². The minimum Gasteiger partial charge on any atom is -0.495 e. The number of benzene rings is 1. The number of methoxy groups -OCH3 is 1. The Kier molecular flexibility index (Phi) is 3.93. The van der Waals surface area contributed by atoms with Crippen LogP contribution in [0.5, 0.6) is 5.75 Å². The van der Waals surface area contributed by atoms with Crippen LogP contribution in [0.25, 0.3) is 0 Å². The molecule has 3 heteroatoms. The van der Waals surface area contributed by atoms with Gasteiger partial charge < -0.3 is 10.1 Å². The molecule has 1 aromatic heterocycles. The van der Waals surface area contributed by atoms with Gasteiger partial charge in [0, 0.05) is 17.7 Å². The minimum absolute atomic E-state index is 0.171. The van der Waals surface area contributed by atoms with E-state index in [-0.39, 0.29) is 11.5 Å². The highest BCUT2D eigenvalue weighted by Crippen LogP contribution is 2.52. The lowest BCUT2D eigenvalue weighted by Gasteiger charge is -2.48. The normalized spacial score (nSPS) is 17.8. The van der Waals surface area contributed by atoms with Crippen molar-refractivity contribution < 1.29 is 4.74 Å². The van der Waals surface area contributed by atoms with Gasteiger partial charge in [-0.15, -0.1) is 0 Å². The van der Waals surface area contributed by atoms with Crippen molar-refractivity contribution in [2.24, 2.45) is 0 Å². The third kappa shape index (κ3) is 2.42. The molecule has 0 radical (unpaired) electrons. The Balaban J connectivity index is 2.01. The number of aromatic nitrogens is 1. The Hall–Kier alpha value is -1.87. The minimum atomic E-state index is 0.171. The predicted octanol–water partition coefficient (Wildman–Crippen LogP) is 3.47. The molecule has 1 N–H and O–H groups in total. The second-order valence-electron chi connectivity index (χ2n) is 5.76. The lowest BCUT2D eigenvalue weighted by atomic mass is 9.59. The molecule has 1 atom stereocenters. The summed E-state index contributed by atoms with van der Waals surface area (Å²) < 4.78 is 5.33. The second-order valence-corrected chi connectivity index (χ2v) is 5.76. The van der Waals surface area contributed by atoms with Crippen molar-refractivity contribution in [1.82, 2.24) is 10.3 Å². The Morgan fingerprint density at radius 2 is 1.95 bits per heavy atom. The maximum Gasteiger partial charge on any atom is 0.137 e. The highest BCUT2D eigenvalue weighted by Gasteiger charge is 2.45. The molecule has 0 saturated heterocycles. The summed E-state index contributed by atoms with van der Waals surface area (Å²) in [5, 5.41) is 3.52. The van der Waals surface area contributed by atoms with Crippen LogP contribution in [-0.4, -0.2) is 19.1 Å². The third-order valence-corrected chi connectivity index (χ3v) is 4.74. The van der Waals surface area contributed by atoms with Crippen molar-refractivity contribution in [3.8, 4) is 5.75 Å². The van der Waals surface area contributed by atoms with Crippen LogP contribution < -0.4 is 10.1 Å². The molecule has 0 spiro atoms. The Morgan fingerprint density at radius 3 is 2.52 bits per heavy atom. The molecule has 1 fully saturated rings. The molecule has 1 aromatic carbocycles. The van der Waals surface area contributed by atoms with Gasteiger partial charge >= 0.3 is 0 Å². The molecule has 0 amide bonds. The molecule has 1 unspecified atom stereocenters. The Labute approximate surface area is 126 Å². The van der Waals surface area contributed by atoms with Crippen molar-refractivity contribution in [1.29, 1.82) is 0 Å². The standard InChI is InChI=1S/C18H22N2O/c1-19-17(14-11-16(21-2)13-20-12-14)18(9-6-10-18)15-7-4-3-5-8-15/h3-5,7-8,11-13,17,19H,6,9-10H2,1-2H3. The van der Waals surface area contributed by atoms with Gasteiger partial charge in [-0.3, -0.25) is 4.98 Å². The number of hydrogen-bond acceptors (Lipinski definition) is 3. The van der Waals surface area contributed by atoms with E-state index >= 15 is 0 Å². The van der Waals surface area contributed by atoms with Gasteiger partial charge in [-0.25, -0.2) is 0 Å². The van der Waals surface area contributed by atoms with Crippen molar-refractivity contribution in [2.45, 2.75) is 30.7 Å². The predicted molar refractivity (Wildman–Crippen MR) is 84.6 cm³/mol. The van der Waals surface area contributed by atoms with Gasteiger partial charge in [0.1, 0.15) is 5.75 Å². The van der Waals surface area contributed by atoms with E-state index in [1.807, 2.05) is 13.2 Å². The maximum absolute atomic E-state index is 5.33. The lowest BCUT2D eigenvalue weighted by molar-refractivity contribution is 0.175. The van der Waals surface area contributed by atoms with Crippen LogP contribution in [0, 0.1) is 0 Å². The highest BCUT2D eigenvalue weighted by molar-refractivity contribution is 5.36. The lowest BCUT2D eigenvalue weighted by Crippen LogP contribution is -2.45. The quantitative estimate of drug-likeness (QED) is 0.911. The summed E-state index contributed by atoms with van der Waals surface area (Å²) in [5.41, 5.74) is 2.78. The maximum atomic E-state index is 5.33. The average Bonchev–Trinajstić information content (AvgIpc) is 2.51. The van der Waals surface area contributed by atoms with Crippen molar-refractivity contribution >= 4 is 0 Å². The van der Waals surface area contributed by atoms with Crippen molar-refractivity contribution in [2.75, 3.05) is 14.2 Å². The fraction of sp³-hybridized carbons (Fsp3) is 0.389. The fourth-order valence-corrected chi connectivity index (χ4v) is 3.54. The summed E-state index contributed by atoms with van der Waals surface area (Å²) in [6.45, 7) is 0. The first-order chi connectivity index (χ1) is 10.3. The first-order valence-corrected chi connectivity index (χ1v) is 7.52. The summed E-state index contributed by atoms with van der Waals surface area (Å²) in [6, 6.07) is 13.2. The SMILES string of the molecule is CNC(c1cncc(OC)c1)C1(c2ccccc2)CCC1. The molecule has 21 heavy (non-hydrogen) atoms. The molecule has 1 saturated carbocycles. The monoisotopic (exact) mass is 282 g/mol. The Bertz CT molecular complexity index is 593. The van der Waals surface area contributed by atoms with Crippen LogP contribution in [0.15, 0.2) is 48.8 Å². The van der Waals surface area contributed by atoms with Crippen LogP contribution in [0.3, 0.4) is 0 Å². The summed E-state index contributed by atoms with van der Waals surface area (Å²) >= 11 is 0. The van der Waals surface area contributed by atoms with E-state index in [0.29, 0.717) is 0 Å². The number of nitrogens with one attached hydrogen (secondary N) is 1. The van der Waals surface area contributed by atoms with Gasteiger partial charge in [0.25, 0.3) is 0 Å². The van der Waals surface area contributed by atoms with Gasteiger partial charge in [0.15, 0.2) is 0 Å². The molecule has 2 aromatic rings. The van der Waals surface area contributed by atoms with Gasteiger partial charge in [0.2, 0.25) is 0 Å².